The Morgan fingerprint density at radius 1 is 1.31 bits per heavy atom. The minimum atomic E-state index is 0.283. The molecule has 0 amide bonds. The molecule has 0 aromatic heterocycles. The van der Waals surface area contributed by atoms with Gasteiger partial charge in [-0.1, -0.05) is 19.8 Å². The van der Waals surface area contributed by atoms with Crippen LogP contribution in [0.5, 0.6) is 0 Å². The minimum Gasteiger partial charge on any atom is -0.380 e. The predicted molar refractivity (Wildman–Crippen MR) is 66.4 cm³/mol. The third kappa shape index (κ3) is 2.58. The average Bonchev–Trinajstić information content (AvgIpc) is 2.57. The van der Waals surface area contributed by atoms with E-state index < -0.39 is 0 Å². The third-order valence-corrected chi connectivity index (χ3v) is 4.34. The van der Waals surface area contributed by atoms with Gasteiger partial charge in [0.25, 0.3) is 0 Å². The van der Waals surface area contributed by atoms with Crippen molar-refractivity contribution in [3.63, 3.8) is 0 Å². The molecule has 1 saturated heterocycles. The van der Waals surface area contributed by atoms with E-state index in [2.05, 4.69) is 11.8 Å². The molecule has 2 rings (SSSR count). The first-order chi connectivity index (χ1) is 7.77. The van der Waals surface area contributed by atoms with E-state index in [-0.39, 0.29) is 5.54 Å². The molecule has 0 aromatic carbocycles. The van der Waals surface area contributed by atoms with E-state index in [4.69, 9.17) is 10.5 Å². The van der Waals surface area contributed by atoms with Crippen LogP contribution in [0.15, 0.2) is 0 Å². The van der Waals surface area contributed by atoms with Gasteiger partial charge in [-0.05, 0) is 25.2 Å². The first kappa shape index (κ1) is 12.3. The molecular formula is C13H26N2O. The maximum Gasteiger partial charge on any atom is 0.0593 e. The van der Waals surface area contributed by atoms with Gasteiger partial charge >= 0.3 is 0 Å². The van der Waals surface area contributed by atoms with Gasteiger partial charge in [0.1, 0.15) is 0 Å². The summed E-state index contributed by atoms with van der Waals surface area (Å²) in [7, 11) is 0. The van der Waals surface area contributed by atoms with E-state index in [0.717, 1.165) is 38.6 Å². The summed E-state index contributed by atoms with van der Waals surface area (Å²) >= 11 is 0. The summed E-state index contributed by atoms with van der Waals surface area (Å²) in [5.74, 6) is 0.835. The topological polar surface area (TPSA) is 38.5 Å². The molecule has 2 N–H and O–H groups in total. The molecule has 1 heterocycles. The highest BCUT2D eigenvalue weighted by Crippen LogP contribution is 2.36. The van der Waals surface area contributed by atoms with Crippen LogP contribution in [0.3, 0.4) is 0 Å². The summed E-state index contributed by atoms with van der Waals surface area (Å²) in [6.07, 6.45) is 6.45. The lowest BCUT2D eigenvalue weighted by Gasteiger charge is -2.47. The molecule has 0 aromatic rings. The molecule has 0 spiro atoms. The highest BCUT2D eigenvalue weighted by atomic mass is 16.5. The highest BCUT2D eigenvalue weighted by molar-refractivity contribution is 4.96. The van der Waals surface area contributed by atoms with Gasteiger partial charge in [0.15, 0.2) is 0 Å². The fourth-order valence-electron chi connectivity index (χ4n) is 3.45. The van der Waals surface area contributed by atoms with Crippen molar-refractivity contribution in [2.24, 2.45) is 11.7 Å². The quantitative estimate of drug-likeness (QED) is 0.777. The second kappa shape index (κ2) is 5.48. The lowest BCUT2D eigenvalue weighted by Crippen LogP contribution is -2.56. The van der Waals surface area contributed by atoms with Crippen LogP contribution in [0, 0.1) is 5.92 Å². The van der Waals surface area contributed by atoms with Gasteiger partial charge in [0.05, 0.1) is 6.61 Å². The Kier molecular flexibility index (Phi) is 4.22. The van der Waals surface area contributed by atoms with E-state index in [1.54, 1.807) is 0 Å². The average molecular weight is 226 g/mol. The lowest BCUT2D eigenvalue weighted by molar-refractivity contribution is 0.0358. The monoisotopic (exact) mass is 226 g/mol. The second-order valence-corrected chi connectivity index (χ2v) is 5.58. The van der Waals surface area contributed by atoms with E-state index in [0.29, 0.717) is 0 Å². The second-order valence-electron chi connectivity index (χ2n) is 5.58. The van der Waals surface area contributed by atoms with E-state index in [9.17, 15) is 0 Å². The molecule has 2 aliphatic rings. The van der Waals surface area contributed by atoms with Crippen LogP contribution < -0.4 is 5.73 Å². The third-order valence-electron chi connectivity index (χ3n) is 4.34. The Morgan fingerprint density at radius 3 is 2.94 bits per heavy atom. The van der Waals surface area contributed by atoms with Gasteiger partial charge in [-0.25, -0.2) is 0 Å². The van der Waals surface area contributed by atoms with Crippen LogP contribution in [0.4, 0.5) is 0 Å². The molecule has 16 heavy (non-hydrogen) atoms. The fraction of sp³-hybridized carbons (Fsp3) is 1.00. The predicted octanol–water partition coefficient (Wildman–Crippen LogP) is 1.62. The molecule has 1 aliphatic heterocycles. The van der Waals surface area contributed by atoms with Crippen molar-refractivity contribution in [1.29, 1.82) is 0 Å². The standard InChI is InChI=1S/C13H26N2O/c1-12-4-2-5-13(10-12,11-14)15-6-3-8-16-9-7-15/h12H,2-11,14H2,1H3. The van der Waals surface area contributed by atoms with Crippen LogP contribution in [-0.2, 0) is 4.74 Å². The zero-order valence-corrected chi connectivity index (χ0v) is 10.6. The van der Waals surface area contributed by atoms with Crippen molar-refractivity contribution >= 4 is 0 Å². The maximum absolute atomic E-state index is 6.10. The van der Waals surface area contributed by atoms with Crippen molar-refractivity contribution < 1.29 is 4.74 Å². The van der Waals surface area contributed by atoms with Gasteiger partial charge in [-0.15, -0.1) is 0 Å². The molecule has 0 bridgehead atoms. The van der Waals surface area contributed by atoms with Crippen molar-refractivity contribution in [3.8, 4) is 0 Å². The van der Waals surface area contributed by atoms with Crippen molar-refractivity contribution in [2.75, 3.05) is 32.8 Å². The number of rotatable bonds is 2. The Labute approximate surface area is 99.3 Å². The lowest BCUT2D eigenvalue weighted by atomic mass is 9.75. The summed E-state index contributed by atoms with van der Waals surface area (Å²) in [5.41, 5.74) is 6.38. The van der Waals surface area contributed by atoms with Crippen LogP contribution in [-0.4, -0.2) is 43.3 Å². The SMILES string of the molecule is CC1CCCC(CN)(N2CCCOCC2)C1. The Hall–Kier alpha value is -0.120. The van der Waals surface area contributed by atoms with E-state index in [1.807, 2.05) is 0 Å². The molecule has 2 atom stereocenters. The Balaban J connectivity index is 2.05. The molecule has 1 saturated carbocycles. The van der Waals surface area contributed by atoms with Crippen molar-refractivity contribution in [1.82, 2.24) is 4.90 Å². The van der Waals surface area contributed by atoms with E-state index >= 15 is 0 Å². The molecule has 1 aliphatic carbocycles. The number of hydrogen-bond donors (Lipinski definition) is 1. The number of nitrogens with two attached hydrogens (primary N) is 1. The molecule has 2 fully saturated rings. The van der Waals surface area contributed by atoms with Crippen LogP contribution in [0.25, 0.3) is 0 Å². The molecule has 2 unspecified atom stereocenters. The summed E-state index contributed by atoms with van der Waals surface area (Å²) in [5, 5.41) is 0. The van der Waals surface area contributed by atoms with Crippen LogP contribution in [0.1, 0.15) is 39.0 Å². The first-order valence-electron chi connectivity index (χ1n) is 6.80. The fourth-order valence-corrected chi connectivity index (χ4v) is 3.45. The molecule has 3 heteroatoms. The van der Waals surface area contributed by atoms with Crippen LogP contribution in [0.2, 0.25) is 0 Å². The van der Waals surface area contributed by atoms with Crippen molar-refractivity contribution in [2.45, 2.75) is 44.6 Å². The van der Waals surface area contributed by atoms with E-state index in [1.165, 1.54) is 32.2 Å². The van der Waals surface area contributed by atoms with Gasteiger partial charge in [-0.3, -0.25) is 4.90 Å². The summed E-state index contributed by atoms with van der Waals surface area (Å²) < 4.78 is 5.55. The molecule has 0 radical (unpaired) electrons. The number of hydrogen-bond acceptors (Lipinski definition) is 3. The van der Waals surface area contributed by atoms with Gasteiger partial charge < -0.3 is 10.5 Å². The van der Waals surface area contributed by atoms with Crippen LogP contribution >= 0.6 is 0 Å². The maximum atomic E-state index is 6.10. The van der Waals surface area contributed by atoms with Gasteiger partial charge in [-0.2, -0.15) is 0 Å². The molecular weight excluding hydrogens is 200 g/mol. The largest absolute Gasteiger partial charge is 0.380 e. The molecule has 94 valence electrons. The van der Waals surface area contributed by atoms with Gasteiger partial charge in [0, 0.05) is 31.8 Å². The normalized spacial score (nSPS) is 38.2. The first-order valence-corrected chi connectivity index (χ1v) is 6.80. The number of ether oxygens (including phenoxy) is 1. The van der Waals surface area contributed by atoms with Crippen molar-refractivity contribution in [3.05, 3.63) is 0 Å². The minimum absolute atomic E-state index is 0.283. The summed E-state index contributed by atoms with van der Waals surface area (Å²) in [6.45, 7) is 7.24. The highest BCUT2D eigenvalue weighted by Gasteiger charge is 2.38. The zero-order chi connectivity index (χ0) is 11.4. The Morgan fingerprint density at radius 2 is 2.19 bits per heavy atom. The Bertz CT molecular complexity index is 214. The summed E-state index contributed by atoms with van der Waals surface area (Å²) in [4.78, 5) is 2.62. The zero-order valence-electron chi connectivity index (χ0n) is 10.6. The van der Waals surface area contributed by atoms with Gasteiger partial charge in [0.2, 0.25) is 0 Å². The molecule has 3 nitrogen and oxygen atoms in total. The number of nitrogens with zero attached hydrogens (tertiary/aromatic N) is 1. The summed E-state index contributed by atoms with van der Waals surface area (Å²) in [6, 6.07) is 0. The smallest absolute Gasteiger partial charge is 0.0593 e.